The zero-order valence-corrected chi connectivity index (χ0v) is 9.03. The highest BCUT2D eigenvalue weighted by Gasteiger charge is 2.27. The number of aromatic hydroxyl groups is 1. The molecular formula is C10H8N2O3S. The van der Waals surface area contributed by atoms with E-state index in [2.05, 4.69) is 4.98 Å². The predicted octanol–water partition coefficient (Wildman–Crippen LogP) is 2.79. The smallest absolute Gasteiger partial charge is 0.312 e. The molecule has 0 saturated heterocycles. The van der Waals surface area contributed by atoms with Gasteiger partial charge in [-0.3, -0.25) is 10.1 Å². The van der Waals surface area contributed by atoms with E-state index in [0.29, 0.717) is 11.4 Å². The normalized spacial score (nSPS) is 15.5. The Hall–Kier alpha value is -1.69. The summed E-state index contributed by atoms with van der Waals surface area (Å²) in [6.45, 7) is 0. The molecule has 1 aromatic carbocycles. The molecule has 1 saturated carbocycles. The lowest BCUT2D eigenvalue weighted by Gasteiger charge is -1.94. The van der Waals surface area contributed by atoms with Crippen LogP contribution in [0.15, 0.2) is 12.1 Å². The van der Waals surface area contributed by atoms with Gasteiger partial charge in [-0.15, -0.1) is 11.3 Å². The van der Waals surface area contributed by atoms with Crippen LogP contribution < -0.4 is 0 Å². The number of hydrogen-bond donors (Lipinski definition) is 1. The molecule has 2 aromatic rings. The van der Waals surface area contributed by atoms with Crippen LogP contribution in [0.4, 0.5) is 5.69 Å². The Kier molecular flexibility index (Phi) is 1.88. The van der Waals surface area contributed by atoms with Crippen molar-refractivity contribution < 1.29 is 10.0 Å². The van der Waals surface area contributed by atoms with Gasteiger partial charge in [0.15, 0.2) is 5.75 Å². The van der Waals surface area contributed by atoms with Crippen LogP contribution in [0.5, 0.6) is 5.75 Å². The first kappa shape index (κ1) is 9.53. The average Bonchev–Trinajstić information content (AvgIpc) is 2.98. The summed E-state index contributed by atoms with van der Waals surface area (Å²) in [4.78, 5) is 14.4. The molecule has 0 atom stereocenters. The molecule has 16 heavy (non-hydrogen) atoms. The minimum absolute atomic E-state index is 0.251. The average molecular weight is 236 g/mol. The van der Waals surface area contributed by atoms with E-state index in [1.807, 2.05) is 0 Å². The predicted molar refractivity (Wildman–Crippen MR) is 59.9 cm³/mol. The lowest BCUT2D eigenvalue weighted by atomic mass is 10.3. The lowest BCUT2D eigenvalue weighted by molar-refractivity contribution is -0.385. The third-order valence-corrected chi connectivity index (χ3v) is 3.81. The van der Waals surface area contributed by atoms with Gasteiger partial charge < -0.3 is 5.11 Å². The van der Waals surface area contributed by atoms with Crippen LogP contribution >= 0.6 is 11.3 Å². The number of fused-ring (bicyclic) bond motifs is 1. The molecule has 6 heteroatoms. The van der Waals surface area contributed by atoms with E-state index in [1.54, 1.807) is 0 Å². The first-order chi connectivity index (χ1) is 7.65. The molecule has 0 aliphatic heterocycles. The first-order valence-electron chi connectivity index (χ1n) is 4.93. The largest absolute Gasteiger partial charge is 0.502 e. The summed E-state index contributed by atoms with van der Waals surface area (Å²) in [6, 6.07) is 2.77. The number of hydrogen-bond acceptors (Lipinski definition) is 5. The molecule has 0 bridgehead atoms. The van der Waals surface area contributed by atoms with E-state index in [4.69, 9.17) is 0 Å². The van der Waals surface area contributed by atoms with Crippen molar-refractivity contribution in [3.05, 3.63) is 27.3 Å². The third-order valence-electron chi connectivity index (χ3n) is 2.62. The van der Waals surface area contributed by atoms with Crippen LogP contribution in [-0.2, 0) is 0 Å². The van der Waals surface area contributed by atoms with Gasteiger partial charge in [-0.05, 0) is 12.8 Å². The van der Waals surface area contributed by atoms with E-state index in [1.165, 1.54) is 23.5 Å². The van der Waals surface area contributed by atoms with Crippen molar-refractivity contribution in [3.63, 3.8) is 0 Å². The quantitative estimate of drug-likeness (QED) is 0.642. The number of nitro groups is 1. The lowest BCUT2D eigenvalue weighted by Crippen LogP contribution is -1.87. The van der Waals surface area contributed by atoms with E-state index >= 15 is 0 Å². The van der Waals surface area contributed by atoms with Crippen molar-refractivity contribution >= 4 is 27.2 Å². The van der Waals surface area contributed by atoms with Crippen LogP contribution in [0.25, 0.3) is 10.2 Å². The fourth-order valence-corrected chi connectivity index (χ4v) is 2.77. The van der Waals surface area contributed by atoms with Crippen LogP contribution in [0.1, 0.15) is 23.8 Å². The Labute approximate surface area is 94.5 Å². The molecule has 1 heterocycles. The summed E-state index contributed by atoms with van der Waals surface area (Å²) in [5, 5.41) is 21.1. The van der Waals surface area contributed by atoms with Crippen LogP contribution in [0, 0.1) is 10.1 Å². The Morgan fingerprint density at radius 1 is 1.50 bits per heavy atom. The highest BCUT2D eigenvalue weighted by Crippen LogP contribution is 2.44. The standard InChI is InChI=1S/C10H8N2O3S/c13-8-3-6-9(4-7(8)12(14)15)16-10(11-6)5-1-2-5/h3-5,13H,1-2H2. The second-order valence-electron chi connectivity index (χ2n) is 3.89. The Morgan fingerprint density at radius 2 is 2.25 bits per heavy atom. The maximum absolute atomic E-state index is 10.6. The monoisotopic (exact) mass is 236 g/mol. The number of benzene rings is 1. The fourth-order valence-electron chi connectivity index (χ4n) is 1.62. The second-order valence-corrected chi connectivity index (χ2v) is 4.95. The summed E-state index contributed by atoms with van der Waals surface area (Å²) in [5.41, 5.74) is 0.397. The maximum atomic E-state index is 10.6. The molecule has 1 N–H and O–H groups in total. The van der Waals surface area contributed by atoms with E-state index in [0.717, 1.165) is 22.5 Å². The molecule has 0 unspecified atom stereocenters. The minimum atomic E-state index is -0.578. The summed E-state index contributed by atoms with van der Waals surface area (Å²) >= 11 is 1.48. The number of phenols is 1. The van der Waals surface area contributed by atoms with Crippen LogP contribution in [0.2, 0.25) is 0 Å². The Bertz CT molecular complexity index is 589. The van der Waals surface area contributed by atoms with Gasteiger partial charge in [0.25, 0.3) is 0 Å². The van der Waals surface area contributed by atoms with Gasteiger partial charge >= 0.3 is 5.69 Å². The molecule has 1 aliphatic rings. The molecule has 82 valence electrons. The van der Waals surface area contributed by atoms with Gasteiger partial charge in [0, 0.05) is 18.1 Å². The van der Waals surface area contributed by atoms with Crippen molar-refractivity contribution in [1.82, 2.24) is 4.98 Å². The summed E-state index contributed by atoms with van der Waals surface area (Å²) in [7, 11) is 0. The minimum Gasteiger partial charge on any atom is -0.502 e. The SMILES string of the molecule is O=[N+]([O-])c1cc2sc(C3CC3)nc2cc1O. The molecule has 3 rings (SSSR count). The molecular weight excluding hydrogens is 228 g/mol. The molecule has 5 nitrogen and oxygen atoms in total. The molecule has 0 spiro atoms. The summed E-state index contributed by atoms with van der Waals surface area (Å²) in [6.07, 6.45) is 2.29. The van der Waals surface area contributed by atoms with Gasteiger partial charge in [-0.25, -0.2) is 4.98 Å². The van der Waals surface area contributed by atoms with Crippen molar-refractivity contribution in [2.45, 2.75) is 18.8 Å². The van der Waals surface area contributed by atoms with Crippen molar-refractivity contribution in [2.24, 2.45) is 0 Å². The highest BCUT2D eigenvalue weighted by atomic mass is 32.1. The van der Waals surface area contributed by atoms with Crippen LogP contribution in [-0.4, -0.2) is 15.0 Å². The van der Waals surface area contributed by atoms with Gasteiger partial charge in [0.1, 0.15) is 0 Å². The van der Waals surface area contributed by atoms with Gasteiger partial charge in [0.05, 0.1) is 20.1 Å². The van der Waals surface area contributed by atoms with Gasteiger partial charge in [-0.2, -0.15) is 0 Å². The Morgan fingerprint density at radius 3 is 2.88 bits per heavy atom. The van der Waals surface area contributed by atoms with Gasteiger partial charge in [0.2, 0.25) is 0 Å². The maximum Gasteiger partial charge on any atom is 0.312 e. The fraction of sp³-hybridized carbons (Fsp3) is 0.300. The van der Waals surface area contributed by atoms with E-state index < -0.39 is 4.92 Å². The van der Waals surface area contributed by atoms with Gasteiger partial charge in [-0.1, -0.05) is 0 Å². The molecule has 1 fully saturated rings. The molecule has 1 aliphatic carbocycles. The number of thiazole rings is 1. The number of aromatic nitrogens is 1. The zero-order valence-electron chi connectivity index (χ0n) is 8.21. The van der Waals surface area contributed by atoms with Crippen molar-refractivity contribution in [1.29, 1.82) is 0 Å². The second kappa shape index (κ2) is 3.15. The summed E-state index contributed by atoms with van der Waals surface area (Å²) < 4.78 is 0.770. The number of rotatable bonds is 2. The summed E-state index contributed by atoms with van der Waals surface area (Å²) in [5.74, 6) is 0.212. The van der Waals surface area contributed by atoms with Crippen LogP contribution in [0.3, 0.4) is 0 Å². The van der Waals surface area contributed by atoms with Crippen molar-refractivity contribution in [2.75, 3.05) is 0 Å². The zero-order chi connectivity index (χ0) is 11.3. The third kappa shape index (κ3) is 1.42. The highest BCUT2D eigenvalue weighted by molar-refractivity contribution is 7.18. The van der Waals surface area contributed by atoms with E-state index in [-0.39, 0.29) is 11.4 Å². The van der Waals surface area contributed by atoms with Crippen molar-refractivity contribution in [3.8, 4) is 5.75 Å². The van der Waals surface area contributed by atoms with E-state index in [9.17, 15) is 15.2 Å². The number of nitro benzene ring substituents is 1. The molecule has 1 aromatic heterocycles. The number of phenolic OH excluding ortho intramolecular Hbond substituents is 1. The first-order valence-corrected chi connectivity index (χ1v) is 5.74. The Balaban J connectivity index is 2.19. The molecule has 0 amide bonds. The topological polar surface area (TPSA) is 76.3 Å². The molecule has 0 radical (unpaired) electrons. The number of nitrogens with zero attached hydrogens (tertiary/aromatic N) is 2.